The fraction of sp³-hybridized carbons (Fsp3) is 0.167. The molecule has 0 heterocycles. The second-order valence-corrected chi connectivity index (χ2v) is 4.22. The summed E-state index contributed by atoms with van der Waals surface area (Å²) in [6.45, 7) is 0. The summed E-state index contributed by atoms with van der Waals surface area (Å²) in [4.78, 5) is 22.6. The maximum absolute atomic E-state index is 13.5. The van der Waals surface area contributed by atoms with Gasteiger partial charge in [0.05, 0.1) is 5.56 Å². The van der Waals surface area contributed by atoms with E-state index < -0.39 is 23.7 Å². The Bertz CT molecular complexity index is 504. The van der Waals surface area contributed by atoms with Crippen LogP contribution in [0.2, 0.25) is 0 Å². The lowest BCUT2D eigenvalue weighted by Crippen LogP contribution is -2.40. The zero-order valence-corrected chi connectivity index (χ0v) is 10.7. The molecule has 0 spiro atoms. The van der Waals surface area contributed by atoms with E-state index >= 15 is 0 Å². The van der Waals surface area contributed by atoms with Crippen LogP contribution in [0.15, 0.2) is 22.7 Å². The van der Waals surface area contributed by atoms with E-state index in [-0.39, 0.29) is 16.5 Å². The fourth-order valence-corrected chi connectivity index (χ4v) is 1.79. The molecule has 0 aliphatic heterocycles. The number of carboxylic acid groups (broad SMARTS) is 1. The summed E-state index contributed by atoms with van der Waals surface area (Å²) < 4.78 is 13.7. The molecule has 6 heteroatoms. The highest BCUT2D eigenvalue weighted by Crippen LogP contribution is 2.19. The average Bonchev–Trinajstić information content (AvgIpc) is 2.28. The van der Waals surface area contributed by atoms with Gasteiger partial charge in [-0.2, -0.15) is 0 Å². The molecule has 4 nitrogen and oxygen atoms in total. The van der Waals surface area contributed by atoms with Crippen LogP contribution in [0.1, 0.15) is 16.8 Å². The Hall–Kier alpha value is -1.87. The van der Waals surface area contributed by atoms with Gasteiger partial charge in [-0.1, -0.05) is 6.07 Å². The summed E-state index contributed by atoms with van der Waals surface area (Å²) in [7, 11) is 0. The number of hydrogen-bond donors (Lipinski definition) is 2. The molecule has 1 aromatic rings. The first-order valence-electron chi connectivity index (χ1n) is 4.88. The maximum atomic E-state index is 13.5. The SMILES string of the molecule is C#CCC(NC(=O)c1c(F)cccc1Br)C(=O)O. The second-order valence-electron chi connectivity index (χ2n) is 3.37. The molecular weight excluding hydrogens is 305 g/mol. The van der Waals surface area contributed by atoms with Gasteiger partial charge >= 0.3 is 5.97 Å². The van der Waals surface area contributed by atoms with Crippen molar-refractivity contribution in [3.8, 4) is 12.3 Å². The smallest absolute Gasteiger partial charge is 0.327 e. The molecule has 2 N–H and O–H groups in total. The van der Waals surface area contributed by atoms with Gasteiger partial charge in [0.15, 0.2) is 0 Å². The molecule has 1 amide bonds. The summed E-state index contributed by atoms with van der Waals surface area (Å²) in [6, 6.07) is 2.77. The molecule has 0 aromatic heterocycles. The zero-order chi connectivity index (χ0) is 13.7. The van der Waals surface area contributed by atoms with Crippen LogP contribution in [0, 0.1) is 18.2 Å². The number of carbonyl (C=O) groups is 2. The van der Waals surface area contributed by atoms with E-state index in [1.54, 1.807) is 0 Å². The predicted octanol–water partition coefficient (Wildman–Crippen LogP) is 1.79. The van der Waals surface area contributed by atoms with Crippen molar-refractivity contribution in [3.63, 3.8) is 0 Å². The van der Waals surface area contributed by atoms with Gasteiger partial charge in [0, 0.05) is 10.9 Å². The number of rotatable bonds is 4. The van der Waals surface area contributed by atoms with Crippen LogP contribution in [-0.2, 0) is 4.79 Å². The molecular formula is C12H9BrFNO3. The highest BCUT2D eigenvalue weighted by atomic mass is 79.9. The third-order valence-electron chi connectivity index (χ3n) is 2.12. The van der Waals surface area contributed by atoms with Gasteiger partial charge in [0.2, 0.25) is 0 Å². The average molecular weight is 314 g/mol. The number of terminal acetylenes is 1. The molecule has 0 bridgehead atoms. The molecule has 0 saturated heterocycles. The van der Waals surface area contributed by atoms with E-state index in [1.165, 1.54) is 12.1 Å². The monoisotopic (exact) mass is 313 g/mol. The van der Waals surface area contributed by atoms with Crippen LogP contribution in [0.5, 0.6) is 0 Å². The quantitative estimate of drug-likeness (QED) is 0.833. The molecule has 0 aliphatic carbocycles. The maximum Gasteiger partial charge on any atom is 0.327 e. The first-order valence-corrected chi connectivity index (χ1v) is 5.67. The van der Waals surface area contributed by atoms with Crippen LogP contribution < -0.4 is 5.32 Å². The van der Waals surface area contributed by atoms with Crippen LogP contribution in [0.3, 0.4) is 0 Å². The number of carboxylic acids is 1. The van der Waals surface area contributed by atoms with Crippen LogP contribution >= 0.6 is 15.9 Å². The number of amides is 1. The van der Waals surface area contributed by atoms with E-state index in [1.807, 2.05) is 0 Å². The third kappa shape index (κ3) is 3.31. The molecule has 1 rings (SSSR count). The van der Waals surface area contributed by atoms with Gasteiger partial charge in [-0.05, 0) is 28.1 Å². The molecule has 0 saturated carbocycles. The highest BCUT2D eigenvalue weighted by Gasteiger charge is 2.22. The van der Waals surface area contributed by atoms with Crippen molar-refractivity contribution < 1.29 is 19.1 Å². The molecule has 1 atom stereocenters. The van der Waals surface area contributed by atoms with Crippen molar-refractivity contribution in [2.75, 3.05) is 0 Å². The van der Waals surface area contributed by atoms with E-state index in [0.29, 0.717) is 0 Å². The molecule has 1 unspecified atom stereocenters. The third-order valence-corrected chi connectivity index (χ3v) is 2.78. The Kier molecular flexibility index (Phi) is 4.86. The molecule has 94 valence electrons. The van der Waals surface area contributed by atoms with Gasteiger partial charge in [-0.15, -0.1) is 12.3 Å². The topological polar surface area (TPSA) is 66.4 Å². The number of benzene rings is 1. The van der Waals surface area contributed by atoms with Gasteiger partial charge in [-0.25, -0.2) is 9.18 Å². The molecule has 0 radical (unpaired) electrons. The van der Waals surface area contributed by atoms with Crippen molar-refractivity contribution >= 4 is 27.8 Å². The van der Waals surface area contributed by atoms with Crippen LogP contribution in [0.4, 0.5) is 4.39 Å². The van der Waals surface area contributed by atoms with Crippen molar-refractivity contribution in [1.29, 1.82) is 0 Å². The summed E-state index contributed by atoms with van der Waals surface area (Å²) in [6.07, 6.45) is 4.82. The number of carbonyl (C=O) groups excluding carboxylic acids is 1. The Morgan fingerprint density at radius 2 is 2.22 bits per heavy atom. The minimum Gasteiger partial charge on any atom is -0.480 e. The lowest BCUT2D eigenvalue weighted by atomic mass is 10.1. The van der Waals surface area contributed by atoms with Crippen molar-refractivity contribution in [2.24, 2.45) is 0 Å². The molecule has 0 fully saturated rings. The standard InChI is InChI=1S/C12H9BrFNO3/c1-2-4-9(12(17)18)15-11(16)10-7(13)5-3-6-8(10)14/h1,3,5-6,9H,4H2,(H,15,16)(H,17,18). The highest BCUT2D eigenvalue weighted by molar-refractivity contribution is 9.10. The van der Waals surface area contributed by atoms with E-state index in [2.05, 4.69) is 27.2 Å². The Morgan fingerprint density at radius 1 is 1.56 bits per heavy atom. The lowest BCUT2D eigenvalue weighted by molar-refractivity contribution is -0.139. The number of aliphatic carboxylic acids is 1. The Balaban J connectivity index is 2.95. The summed E-state index contributed by atoms with van der Waals surface area (Å²) in [5, 5.41) is 11.0. The number of nitrogens with one attached hydrogen (secondary N) is 1. The van der Waals surface area contributed by atoms with Gasteiger partial charge in [0.1, 0.15) is 11.9 Å². The van der Waals surface area contributed by atoms with Crippen LogP contribution in [0.25, 0.3) is 0 Å². The Morgan fingerprint density at radius 3 is 2.72 bits per heavy atom. The van der Waals surface area contributed by atoms with Crippen LogP contribution in [-0.4, -0.2) is 23.0 Å². The molecule has 1 aromatic carbocycles. The minimum atomic E-state index is -1.27. The first kappa shape index (κ1) is 14.2. The zero-order valence-electron chi connectivity index (χ0n) is 9.11. The lowest BCUT2D eigenvalue weighted by Gasteiger charge is -2.13. The number of hydrogen-bond acceptors (Lipinski definition) is 2. The van der Waals surface area contributed by atoms with Crippen molar-refractivity contribution in [2.45, 2.75) is 12.5 Å². The Labute approximate surface area is 111 Å². The van der Waals surface area contributed by atoms with Gasteiger partial charge in [-0.3, -0.25) is 4.79 Å². The largest absolute Gasteiger partial charge is 0.480 e. The van der Waals surface area contributed by atoms with E-state index in [0.717, 1.165) is 6.07 Å². The molecule has 18 heavy (non-hydrogen) atoms. The van der Waals surface area contributed by atoms with Gasteiger partial charge < -0.3 is 10.4 Å². The summed E-state index contributed by atoms with van der Waals surface area (Å²) in [5.74, 6) is -0.710. The number of halogens is 2. The second kappa shape index (κ2) is 6.17. The normalized spacial score (nSPS) is 11.4. The summed E-state index contributed by atoms with van der Waals surface area (Å²) >= 11 is 3.03. The predicted molar refractivity (Wildman–Crippen MR) is 66.4 cm³/mol. The fourth-order valence-electron chi connectivity index (χ4n) is 1.26. The van der Waals surface area contributed by atoms with Gasteiger partial charge in [0.25, 0.3) is 5.91 Å². The summed E-state index contributed by atoms with van der Waals surface area (Å²) in [5.41, 5.74) is -0.249. The molecule has 0 aliphatic rings. The van der Waals surface area contributed by atoms with E-state index in [4.69, 9.17) is 11.5 Å². The van der Waals surface area contributed by atoms with Crippen molar-refractivity contribution in [1.82, 2.24) is 5.32 Å². The minimum absolute atomic E-state index is 0.173. The van der Waals surface area contributed by atoms with E-state index in [9.17, 15) is 14.0 Å². The van der Waals surface area contributed by atoms with Crippen molar-refractivity contribution in [3.05, 3.63) is 34.1 Å². The first-order chi connectivity index (χ1) is 8.47.